The maximum Gasteiger partial charge on any atom is 0.413 e. The zero-order valence-corrected chi connectivity index (χ0v) is 16.1. The van der Waals surface area contributed by atoms with Crippen LogP contribution < -0.4 is 16.0 Å². The van der Waals surface area contributed by atoms with Gasteiger partial charge in [0.15, 0.2) is 10.9 Å². The SMILES string of the molecule is CC(C)(C)OC(=O)Nc1nc2c(N3CCC(F)(F)CC3)c(F)c(N)cc2s1. The summed E-state index contributed by atoms with van der Waals surface area (Å²) >= 11 is 1.11. The molecule has 1 aliphatic rings. The number of thiazole rings is 1. The van der Waals surface area contributed by atoms with Crippen molar-refractivity contribution in [1.29, 1.82) is 0 Å². The molecule has 1 aromatic carbocycles. The molecule has 6 nitrogen and oxygen atoms in total. The molecule has 10 heteroatoms. The first-order valence-corrected chi connectivity index (χ1v) is 9.28. The number of aromatic nitrogens is 1. The molecule has 0 bridgehead atoms. The number of rotatable bonds is 2. The van der Waals surface area contributed by atoms with E-state index in [1.807, 2.05) is 0 Å². The first-order chi connectivity index (χ1) is 12.5. The number of anilines is 3. The first kappa shape index (κ1) is 19.5. The Morgan fingerprint density at radius 2 is 2.00 bits per heavy atom. The number of ether oxygens (including phenoxy) is 1. The van der Waals surface area contributed by atoms with Crippen LogP contribution in [0.1, 0.15) is 33.6 Å². The summed E-state index contributed by atoms with van der Waals surface area (Å²) in [5.74, 6) is -3.44. The summed E-state index contributed by atoms with van der Waals surface area (Å²) in [6.07, 6.45) is -1.42. The van der Waals surface area contributed by atoms with E-state index in [-0.39, 0.29) is 48.0 Å². The maximum absolute atomic E-state index is 14.7. The lowest BCUT2D eigenvalue weighted by molar-refractivity contribution is -0.0221. The molecule has 148 valence electrons. The minimum atomic E-state index is -2.75. The zero-order chi connectivity index (χ0) is 20.0. The Balaban J connectivity index is 1.93. The molecule has 2 heterocycles. The second-order valence-corrected chi connectivity index (χ2v) is 8.49. The first-order valence-electron chi connectivity index (χ1n) is 8.46. The van der Waals surface area contributed by atoms with E-state index in [2.05, 4.69) is 10.3 Å². The number of carbonyl (C=O) groups is 1. The van der Waals surface area contributed by atoms with Gasteiger partial charge in [-0.25, -0.2) is 22.9 Å². The minimum absolute atomic E-state index is 0.00513. The molecule has 0 atom stereocenters. The summed E-state index contributed by atoms with van der Waals surface area (Å²) < 4.78 is 47.3. The number of fused-ring (bicyclic) bond motifs is 1. The molecule has 1 aromatic heterocycles. The molecule has 1 amide bonds. The molecule has 0 unspecified atom stereocenters. The largest absolute Gasteiger partial charge is 0.444 e. The second kappa shape index (κ2) is 6.74. The Bertz CT molecular complexity index is 869. The van der Waals surface area contributed by atoms with Gasteiger partial charge in [-0.1, -0.05) is 11.3 Å². The predicted octanol–water partition coefficient (Wildman–Crippen LogP) is 4.60. The molecular formula is C17H21F3N4O2S. The van der Waals surface area contributed by atoms with Crippen LogP contribution in [0.5, 0.6) is 0 Å². The highest BCUT2D eigenvalue weighted by molar-refractivity contribution is 7.22. The van der Waals surface area contributed by atoms with Crippen molar-refractivity contribution in [3.63, 3.8) is 0 Å². The fraction of sp³-hybridized carbons (Fsp3) is 0.529. The molecule has 0 aliphatic carbocycles. The van der Waals surface area contributed by atoms with Gasteiger partial charge in [0.2, 0.25) is 0 Å². The van der Waals surface area contributed by atoms with Crippen LogP contribution in [-0.2, 0) is 4.74 Å². The lowest BCUT2D eigenvalue weighted by Crippen LogP contribution is -2.40. The number of nitrogens with one attached hydrogen (secondary N) is 1. The Morgan fingerprint density at radius 1 is 1.37 bits per heavy atom. The summed E-state index contributed by atoms with van der Waals surface area (Å²) in [5, 5.41) is 2.73. The van der Waals surface area contributed by atoms with Crippen molar-refractivity contribution in [2.75, 3.05) is 29.0 Å². The molecule has 1 saturated heterocycles. The molecule has 3 N–H and O–H groups in total. The number of nitrogen functional groups attached to an aromatic ring is 1. The molecule has 0 saturated carbocycles. The molecule has 1 fully saturated rings. The Labute approximate surface area is 158 Å². The van der Waals surface area contributed by atoms with Crippen molar-refractivity contribution in [1.82, 2.24) is 4.98 Å². The zero-order valence-electron chi connectivity index (χ0n) is 15.2. The van der Waals surface area contributed by atoms with Gasteiger partial charge in [-0.15, -0.1) is 0 Å². The summed E-state index contributed by atoms with van der Waals surface area (Å²) in [6, 6.07) is 1.42. The van der Waals surface area contributed by atoms with Crippen molar-refractivity contribution in [2.45, 2.75) is 45.1 Å². The highest BCUT2D eigenvalue weighted by Crippen LogP contribution is 2.40. The van der Waals surface area contributed by atoms with Crippen LogP contribution >= 0.6 is 11.3 Å². The van der Waals surface area contributed by atoms with E-state index in [9.17, 15) is 18.0 Å². The number of nitrogens with zero attached hydrogens (tertiary/aromatic N) is 2. The average molecular weight is 402 g/mol. The Kier molecular flexibility index (Phi) is 4.87. The molecule has 0 spiro atoms. The van der Waals surface area contributed by atoms with Crippen LogP contribution in [0.3, 0.4) is 0 Å². The molecule has 2 aromatic rings. The standard InChI is InChI=1S/C17H21F3N4O2S/c1-16(2,3)26-15(25)23-14-22-12-10(27-14)8-9(21)11(18)13(12)24-6-4-17(19,20)5-7-24/h8H,4-7,21H2,1-3H3,(H,22,23,25). The number of halogens is 3. The molecule has 0 radical (unpaired) electrons. The summed E-state index contributed by atoms with van der Waals surface area (Å²) in [4.78, 5) is 17.7. The maximum atomic E-state index is 14.7. The van der Waals surface area contributed by atoms with Crippen LogP contribution in [-0.4, -0.2) is 35.7 Å². The third-order valence-corrected chi connectivity index (χ3v) is 4.96. The summed E-state index contributed by atoms with van der Waals surface area (Å²) in [7, 11) is 0. The van der Waals surface area contributed by atoms with Crippen LogP contribution in [0.25, 0.3) is 10.2 Å². The number of nitrogens with two attached hydrogens (primary N) is 1. The fourth-order valence-corrected chi connectivity index (χ4v) is 3.74. The van der Waals surface area contributed by atoms with Crippen LogP contribution in [0.2, 0.25) is 0 Å². The van der Waals surface area contributed by atoms with Crippen LogP contribution in [0.15, 0.2) is 6.07 Å². The third-order valence-electron chi connectivity index (χ3n) is 4.04. The number of benzene rings is 1. The predicted molar refractivity (Wildman–Crippen MR) is 100 cm³/mol. The van der Waals surface area contributed by atoms with Gasteiger partial charge < -0.3 is 15.4 Å². The Morgan fingerprint density at radius 3 is 2.59 bits per heavy atom. The number of hydrogen-bond acceptors (Lipinski definition) is 6. The van der Waals surface area contributed by atoms with E-state index in [1.165, 1.54) is 11.0 Å². The van der Waals surface area contributed by atoms with Crippen molar-refractivity contribution >= 4 is 44.2 Å². The average Bonchev–Trinajstić information content (AvgIpc) is 2.89. The van der Waals surface area contributed by atoms with Crippen molar-refractivity contribution in [3.8, 4) is 0 Å². The highest BCUT2D eigenvalue weighted by Gasteiger charge is 2.36. The van der Waals surface area contributed by atoms with E-state index in [0.717, 1.165) is 11.3 Å². The summed E-state index contributed by atoms with van der Waals surface area (Å²) in [6.45, 7) is 5.17. The van der Waals surface area contributed by atoms with Gasteiger partial charge in [0.05, 0.1) is 10.4 Å². The number of hydrogen-bond donors (Lipinski definition) is 2. The molecule has 3 rings (SSSR count). The van der Waals surface area contributed by atoms with E-state index in [1.54, 1.807) is 20.8 Å². The van der Waals surface area contributed by atoms with Gasteiger partial charge in [0.25, 0.3) is 5.92 Å². The van der Waals surface area contributed by atoms with E-state index in [0.29, 0.717) is 4.70 Å². The van der Waals surface area contributed by atoms with Gasteiger partial charge in [0.1, 0.15) is 16.8 Å². The topological polar surface area (TPSA) is 80.5 Å². The number of amides is 1. The van der Waals surface area contributed by atoms with E-state index >= 15 is 0 Å². The highest BCUT2D eigenvalue weighted by atomic mass is 32.1. The van der Waals surface area contributed by atoms with Crippen molar-refractivity contribution in [2.24, 2.45) is 0 Å². The molecule has 1 aliphatic heterocycles. The van der Waals surface area contributed by atoms with Crippen LogP contribution in [0, 0.1) is 5.82 Å². The van der Waals surface area contributed by atoms with Gasteiger partial charge in [-0.3, -0.25) is 5.32 Å². The summed E-state index contributed by atoms with van der Waals surface area (Å²) in [5.41, 5.74) is 5.36. The molecule has 27 heavy (non-hydrogen) atoms. The van der Waals surface area contributed by atoms with Gasteiger partial charge in [0, 0.05) is 25.9 Å². The monoisotopic (exact) mass is 402 g/mol. The minimum Gasteiger partial charge on any atom is -0.444 e. The normalized spacial score (nSPS) is 17.2. The van der Waals surface area contributed by atoms with Gasteiger partial charge >= 0.3 is 6.09 Å². The van der Waals surface area contributed by atoms with E-state index in [4.69, 9.17) is 10.5 Å². The van der Waals surface area contributed by atoms with Crippen molar-refractivity contribution in [3.05, 3.63) is 11.9 Å². The van der Waals surface area contributed by atoms with Crippen LogP contribution in [0.4, 0.5) is 34.5 Å². The Hall–Kier alpha value is -2.23. The smallest absolute Gasteiger partial charge is 0.413 e. The number of carbonyl (C=O) groups excluding carboxylic acids is 1. The number of piperidine rings is 1. The lowest BCUT2D eigenvalue weighted by atomic mass is 10.1. The van der Waals surface area contributed by atoms with Gasteiger partial charge in [-0.05, 0) is 26.8 Å². The second-order valence-electron chi connectivity index (χ2n) is 7.46. The lowest BCUT2D eigenvalue weighted by Gasteiger charge is -2.33. The molecular weight excluding hydrogens is 381 g/mol. The third kappa shape index (κ3) is 4.37. The van der Waals surface area contributed by atoms with Crippen molar-refractivity contribution < 1.29 is 22.7 Å². The quantitative estimate of drug-likeness (QED) is 0.718. The fourth-order valence-electron chi connectivity index (χ4n) is 2.84. The van der Waals surface area contributed by atoms with E-state index < -0.39 is 23.4 Å². The van der Waals surface area contributed by atoms with Gasteiger partial charge in [-0.2, -0.15) is 0 Å². The number of alkyl halides is 2.